The Morgan fingerprint density at radius 1 is 1.16 bits per heavy atom. The number of carbonyl (C=O) groups excluding carboxylic acids is 1. The van der Waals surface area contributed by atoms with Gasteiger partial charge in [-0.25, -0.2) is 4.98 Å². The van der Waals surface area contributed by atoms with Crippen LogP contribution in [0.25, 0.3) is 26.4 Å². The molecule has 0 spiro atoms. The van der Waals surface area contributed by atoms with Crippen LogP contribution >= 0.6 is 11.3 Å². The molecule has 0 saturated heterocycles. The number of anilines is 1. The van der Waals surface area contributed by atoms with Crippen LogP contribution in [0.2, 0.25) is 0 Å². The Morgan fingerprint density at radius 2 is 2.00 bits per heavy atom. The number of hydrogen-bond acceptors (Lipinski definition) is 4. The number of hydrogen-bond donors (Lipinski definition) is 2. The minimum atomic E-state index is -1.16. The van der Waals surface area contributed by atoms with Crippen LogP contribution in [-0.2, 0) is 9.59 Å². The molecule has 0 aliphatic heterocycles. The molecule has 0 aliphatic rings. The molecule has 2 heterocycles. The predicted molar refractivity (Wildman–Crippen MR) is 96.9 cm³/mol. The Balaban J connectivity index is 1.67. The van der Waals surface area contributed by atoms with Gasteiger partial charge in [0.25, 0.3) is 0 Å². The number of aliphatic carboxylic acids is 1. The molecule has 0 atom stereocenters. The molecule has 0 fully saturated rings. The van der Waals surface area contributed by atoms with Crippen LogP contribution in [0.15, 0.2) is 54.7 Å². The molecule has 4 aromatic rings. The molecular weight excluding hydrogens is 338 g/mol. The summed E-state index contributed by atoms with van der Waals surface area (Å²) in [5.74, 6) is -1.71. The standard InChI is InChI=1S/C18H13N3O3S/c22-16(9-17(23)24)19-12-5-3-4-11(8-12)13-10-21-14-6-1-2-7-15(14)25-18(21)20-13/h1-8,10H,9H2,(H,19,22)(H,23,24). The van der Waals surface area contributed by atoms with Gasteiger partial charge in [0.05, 0.1) is 15.9 Å². The van der Waals surface area contributed by atoms with Gasteiger partial charge in [-0.3, -0.25) is 14.0 Å². The first-order chi connectivity index (χ1) is 12.1. The normalized spacial score (nSPS) is 11.0. The first kappa shape index (κ1) is 15.3. The molecule has 7 heteroatoms. The summed E-state index contributed by atoms with van der Waals surface area (Å²) in [5, 5.41) is 11.3. The number of benzene rings is 2. The van der Waals surface area contributed by atoms with Gasteiger partial charge in [0.1, 0.15) is 6.42 Å². The van der Waals surface area contributed by atoms with Crippen LogP contribution in [0.3, 0.4) is 0 Å². The van der Waals surface area contributed by atoms with E-state index in [1.807, 2.05) is 34.9 Å². The van der Waals surface area contributed by atoms with E-state index in [1.54, 1.807) is 29.5 Å². The Labute approximate surface area is 146 Å². The number of carboxylic acid groups (broad SMARTS) is 1. The number of imidazole rings is 1. The van der Waals surface area contributed by atoms with Crippen molar-refractivity contribution in [1.29, 1.82) is 0 Å². The third-order valence-corrected chi connectivity index (χ3v) is 4.79. The number of carbonyl (C=O) groups is 2. The van der Waals surface area contributed by atoms with E-state index >= 15 is 0 Å². The van der Waals surface area contributed by atoms with Gasteiger partial charge < -0.3 is 10.4 Å². The van der Waals surface area contributed by atoms with Gasteiger partial charge in [-0.2, -0.15) is 0 Å². The quantitative estimate of drug-likeness (QED) is 0.550. The second kappa shape index (κ2) is 6.03. The minimum Gasteiger partial charge on any atom is -0.481 e. The summed E-state index contributed by atoms with van der Waals surface area (Å²) in [6.07, 6.45) is 1.41. The zero-order valence-electron chi connectivity index (χ0n) is 13.0. The monoisotopic (exact) mass is 351 g/mol. The fourth-order valence-corrected chi connectivity index (χ4v) is 3.69. The maximum atomic E-state index is 11.6. The highest BCUT2D eigenvalue weighted by Crippen LogP contribution is 2.30. The van der Waals surface area contributed by atoms with Crippen molar-refractivity contribution in [3.05, 3.63) is 54.7 Å². The average molecular weight is 351 g/mol. The fourth-order valence-electron chi connectivity index (χ4n) is 2.69. The maximum absolute atomic E-state index is 11.6. The highest BCUT2D eigenvalue weighted by Gasteiger charge is 2.11. The Kier molecular flexibility index (Phi) is 3.70. The zero-order chi connectivity index (χ0) is 17.4. The summed E-state index contributed by atoms with van der Waals surface area (Å²) in [6.45, 7) is 0. The third kappa shape index (κ3) is 2.97. The van der Waals surface area contributed by atoms with Crippen LogP contribution < -0.4 is 5.32 Å². The molecule has 0 saturated carbocycles. The van der Waals surface area contributed by atoms with Gasteiger partial charge in [0.2, 0.25) is 5.91 Å². The van der Waals surface area contributed by atoms with E-state index in [0.29, 0.717) is 5.69 Å². The van der Waals surface area contributed by atoms with Crippen molar-refractivity contribution in [2.45, 2.75) is 6.42 Å². The van der Waals surface area contributed by atoms with Gasteiger partial charge in [0.15, 0.2) is 4.96 Å². The van der Waals surface area contributed by atoms with Crippen molar-refractivity contribution < 1.29 is 14.7 Å². The molecule has 0 aliphatic carbocycles. The van der Waals surface area contributed by atoms with E-state index in [1.165, 1.54) is 4.70 Å². The summed E-state index contributed by atoms with van der Waals surface area (Å²) in [4.78, 5) is 27.8. The van der Waals surface area contributed by atoms with Crippen molar-refractivity contribution in [1.82, 2.24) is 9.38 Å². The third-order valence-electron chi connectivity index (χ3n) is 3.75. The highest BCUT2D eigenvalue weighted by atomic mass is 32.1. The van der Waals surface area contributed by atoms with E-state index < -0.39 is 18.3 Å². The van der Waals surface area contributed by atoms with Gasteiger partial charge in [-0.1, -0.05) is 35.6 Å². The summed E-state index contributed by atoms with van der Waals surface area (Å²) >= 11 is 1.62. The molecule has 2 N–H and O–H groups in total. The van der Waals surface area contributed by atoms with E-state index in [2.05, 4.69) is 16.4 Å². The number of nitrogens with zero attached hydrogens (tertiary/aromatic N) is 2. The number of aromatic nitrogens is 2. The Hall–Kier alpha value is -3.19. The molecule has 0 bridgehead atoms. The largest absolute Gasteiger partial charge is 0.481 e. The molecule has 2 aromatic carbocycles. The smallest absolute Gasteiger partial charge is 0.312 e. The lowest BCUT2D eigenvalue weighted by Crippen LogP contribution is -2.15. The predicted octanol–water partition coefficient (Wildman–Crippen LogP) is 3.63. The molecule has 124 valence electrons. The number of fused-ring (bicyclic) bond motifs is 3. The second-order valence-electron chi connectivity index (χ2n) is 5.55. The first-order valence-corrected chi connectivity index (χ1v) is 8.40. The van der Waals surface area contributed by atoms with E-state index in [0.717, 1.165) is 21.7 Å². The first-order valence-electron chi connectivity index (χ1n) is 7.59. The topological polar surface area (TPSA) is 83.7 Å². The minimum absolute atomic E-state index is 0.546. The Morgan fingerprint density at radius 3 is 2.84 bits per heavy atom. The number of amides is 1. The maximum Gasteiger partial charge on any atom is 0.312 e. The van der Waals surface area contributed by atoms with Crippen LogP contribution in [0.4, 0.5) is 5.69 Å². The fraction of sp³-hybridized carbons (Fsp3) is 0.0556. The van der Waals surface area contributed by atoms with E-state index in [9.17, 15) is 9.59 Å². The summed E-state index contributed by atoms with van der Waals surface area (Å²) in [6, 6.07) is 15.3. The number of para-hydroxylation sites is 1. The highest BCUT2D eigenvalue weighted by molar-refractivity contribution is 7.23. The van der Waals surface area contributed by atoms with Gasteiger partial charge in [-0.05, 0) is 24.3 Å². The number of thiazole rings is 1. The van der Waals surface area contributed by atoms with Crippen LogP contribution in [0, 0.1) is 0 Å². The number of carboxylic acids is 1. The lowest BCUT2D eigenvalue weighted by Gasteiger charge is -2.05. The average Bonchev–Trinajstić information content (AvgIpc) is 3.12. The summed E-state index contributed by atoms with van der Waals surface area (Å²) in [7, 11) is 0. The lowest BCUT2D eigenvalue weighted by atomic mass is 10.1. The molecule has 6 nitrogen and oxygen atoms in total. The van der Waals surface area contributed by atoms with Gasteiger partial charge in [0, 0.05) is 17.4 Å². The Bertz CT molecular complexity index is 1110. The lowest BCUT2D eigenvalue weighted by molar-refractivity contribution is -0.139. The molecule has 25 heavy (non-hydrogen) atoms. The molecule has 2 aromatic heterocycles. The second-order valence-corrected chi connectivity index (χ2v) is 6.56. The van der Waals surface area contributed by atoms with Crippen molar-refractivity contribution >= 4 is 44.1 Å². The van der Waals surface area contributed by atoms with Crippen LogP contribution in [0.1, 0.15) is 6.42 Å². The van der Waals surface area contributed by atoms with Crippen molar-refractivity contribution in [2.24, 2.45) is 0 Å². The van der Waals surface area contributed by atoms with Crippen molar-refractivity contribution in [3.63, 3.8) is 0 Å². The van der Waals surface area contributed by atoms with E-state index in [4.69, 9.17) is 5.11 Å². The number of nitrogens with one attached hydrogen (secondary N) is 1. The molecule has 4 rings (SSSR count). The molecule has 0 radical (unpaired) electrons. The van der Waals surface area contributed by atoms with Crippen molar-refractivity contribution in [2.75, 3.05) is 5.32 Å². The zero-order valence-corrected chi connectivity index (χ0v) is 13.8. The molecule has 1 amide bonds. The molecular formula is C18H13N3O3S. The van der Waals surface area contributed by atoms with Gasteiger partial charge >= 0.3 is 5.97 Å². The van der Waals surface area contributed by atoms with Gasteiger partial charge in [-0.15, -0.1) is 0 Å². The summed E-state index contributed by atoms with van der Waals surface area (Å²) in [5.41, 5.74) is 3.30. The summed E-state index contributed by atoms with van der Waals surface area (Å²) < 4.78 is 3.22. The van der Waals surface area contributed by atoms with Crippen LogP contribution in [0.5, 0.6) is 0 Å². The van der Waals surface area contributed by atoms with Crippen LogP contribution in [-0.4, -0.2) is 26.4 Å². The van der Waals surface area contributed by atoms with Crippen molar-refractivity contribution in [3.8, 4) is 11.3 Å². The SMILES string of the molecule is O=C(O)CC(=O)Nc1cccc(-c2cn3c(n2)sc2ccccc23)c1. The molecule has 0 unspecified atom stereocenters. The van der Waals surface area contributed by atoms with E-state index in [-0.39, 0.29) is 0 Å². The number of rotatable bonds is 4.